The molecule has 1 heterocycles. The number of carbonyl (C=O) groups excluding carboxylic acids is 1. The number of rotatable bonds is 3. The van der Waals surface area contributed by atoms with E-state index in [1.54, 1.807) is 3.88 Å². The predicted molar refractivity (Wildman–Crippen MR) is 58.0 cm³/mol. The van der Waals surface area contributed by atoms with Crippen molar-refractivity contribution in [3.8, 4) is 0 Å². The first-order valence-electron chi connectivity index (χ1n) is 5.48. The van der Waals surface area contributed by atoms with Crippen LogP contribution in [-0.4, -0.2) is 6.41 Å². The summed E-state index contributed by atoms with van der Waals surface area (Å²) in [7, 11) is 0. The van der Waals surface area contributed by atoms with Crippen molar-refractivity contribution in [1.29, 1.82) is 0 Å². The molecule has 1 aliphatic carbocycles. The van der Waals surface area contributed by atoms with E-state index < -0.39 is 17.9 Å². The fourth-order valence-corrected chi connectivity index (χ4v) is 6.46. The summed E-state index contributed by atoms with van der Waals surface area (Å²) >= 11 is -0.908. The van der Waals surface area contributed by atoms with E-state index >= 15 is 0 Å². The Hall–Kier alpha value is 0.244. The molecule has 0 aromatic heterocycles. The molecular weight excluding hydrogens is 293 g/mol. The van der Waals surface area contributed by atoms with Crippen molar-refractivity contribution in [2.75, 3.05) is 0 Å². The molecule has 0 unspecified atom stereocenters. The van der Waals surface area contributed by atoms with Crippen molar-refractivity contribution >= 4 is 6.41 Å². The number of allylic oxidation sites excluding steroid dienone is 3. The van der Waals surface area contributed by atoms with Gasteiger partial charge in [0, 0.05) is 0 Å². The van der Waals surface area contributed by atoms with E-state index in [4.69, 9.17) is 0 Å². The molecule has 1 N–H and O–H groups in total. The van der Waals surface area contributed by atoms with Crippen molar-refractivity contribution in [2.45, 2.75) is 37.1 Å². The SMILES string of the molecule is CC1=C(C)C(C)(C)C(NC=O)=[C]1[Ti+2]1[CH2][CH2]1.[Cl-].[Cl-]. The second-order valence-electron chi connectivity index (χ2n) is 4.99. The number of hydrogen-bond donors (Lipinski definition) is 1. The van der Waals surface area contributed by atoms with Gasteiger partial charge in [-0.2, -0.15) is 0 Å². The molecule has 0 radical (unpaired) electrons. The topological polar surface area (TPSA) is 29.1 Å². The molecule has 0 atom stereocenters. The molecular formula is C12H18Cl2NOTi. The van der Waals surface area contributed by atoms with Crippen molar-refractivity contribution in [2.24, 2.45) is 5.41 Å². The van der Waals surface area contributed by atoms with Gasteiger partial charge >= 0.3 is 97.7 Å². The van der Waals surface area contributed by atoms with Crippen LogP contribution in [0.4, 0.5) is 0 Å². The van der Waals surface area contributed by atoms with Gasteiger partial charge in [0.05, 0.1) is 0 Å². The van der Waals surface area contributed by atoms with Crippen molar-refractivity contribution < 1.29 is 47.5 Å². The molecule has 0 bridgehead atoms. The van der Waals surface area contributed by atoms with Crippen LogP contribution in [0.2, 0.25) is 9.45 Å². The van der Waals surface area contributed by atoms with Gasteiger partial charge in [-0.15, -0.1) is 0 Å². The fourth-order valence-electron chi connectivity index (χ4n) is 2.41. The molecule has 0 aromatic carbocycles. The second kappa shape index (κ2) is 5.92. The average molecular weight is 311 g/mol. The Morgan fingerprint density at radius 1 is 1.24 bits per heavy atom. The molecule has 17 heavy (non-hydrogen) atoms. The summed E-state index contributed by atoms with van der Waals surface area (Å²) in [5.74, 6) is 0. The Kier molecular flexibility index (Phi) is 6.01. The van der Waals surface area contributed by atoms with Crippen molar-refractivity contribution in [3.63, 3.8) is 0 Å². The average Bonchev–Trinajstić information content (AvgIpc) is 2.96. The summed E-state index contributed by atoms with van der Waals surface area (Å²) < 4.78 is 4.46. The standard InChI is InChI=1S/C10H14NO.C2H4.2ClH.Ti/c1-7-5-9(11-6-12)10(3,4)8(7)2;1-2;;;/h6H,1-4H3,(H,11,12);1-2H2;2*1H;/q;;;;+2/p-2. The third-order valence-corrected chi connectivity index (χ3v) is 7.45. The number of carbonyl (C=O) groups is 1. The van der Waals surface area contributed by atoms with E-state index in [9.17, 15) is 4.79 Å². The summed E-state index contributed by atoms with van der Waals surface area (Å²) in [6.07, 6.45) is 0.838. The van der Waals surface area contributed by atoms with Crippen LogP contribution < -0.4 is 30.1 Å². The first kappa shape index (κ1) is 17.2. The van der Waals surface area contributed by atoms with Gasteiger partial charge in [-0.1, -0.05) is 0 Å². The van der Waals surface area contributed by atoms with Gasteiger partial charge in [0.25, 0.3) is 0 Å². The van der Waals surface area contributed by atoms with Crippen LogP contribution in [0.1, 0.15) is 27.7 Å². The minimum Gasteiger partial charge on any atom is -1.00 e. The molecule has 1 aliphatic heterocycles. The molecule has 1 amide bonds. The zero-order valence-corrected chi connectivity index (χ0v) is 13.7. The fraction of sp³-hybridized carbons (Fsp3) is 0.583. The van der Waals surface area contributed by atoms with Gasteiger partial charge in [-0.25, -0.2) is 0 Å². The van der Waals surface area contributed by atoms with E-state index in [1.807, 2.05) is 0 Å². The molecule has 0 spiro atoms. The minimum atomic E-state index is -0.908. The Morgan fingerprint density at radius 3 is 2.18 bits per heavy atom. The van der Waals surface area contributed by atoms with Gasteiger partial charge in [0.2, 0.25) is 0 Å². The predicted octanol–water partition coefficient (Wildman–Crippen LogP) is -3.20. The molecule has 1 saturated heterocycles. The van der Waals surface area contributed by atoms with E-state index in [-0.39, 0.29) is 30.2 Å². The van der Waals surface area contributed by atoms with Gasteiger partial charge in [0.15, 0.2) is 0 Å². The zero-order chi connectivity index (χ0) is 11.2. The summed E-state index contributed by atoms with van der Waals surface area (Å²) in [4.78, 5) is 10.7. The third kappa shape index (κ3) is 2.81. The van der Waals surface area contributed by atoms with E-state index in [2.05, 4.69) is 33.0 Å². The van der Waals surface area contributed by atoms with E-state index in [0.29, 0.717) is 0 Å². The number of halogens is 2. The van der Waals surface area contributed by atoms with E-state index in [1.165, 1.54) is 26.3 Å². The maximum atomic E-state index is 10.7. The number of amides is 1. The molecule has 0 saturated carbocycles. The summed E-state index contributed by atoms with van der Waals surface area (Å²) in [5, 5.41) is 2.97. The molecule has 95 valence electrons. The molecule has 1 fully saturated rings. The first-order chi connectivity index (χ1) is 7.00. The van der Waals surface area contributed by atoms with Gasteiger partial charge in [-0.05, 0) is 0 Å². The Labute approximate surface area is 122 Å². The van der Waals surface area contributed by atoms with Gasteiger partial charge in [0.1, 0.15) is 0 Å². The first-order valence-corrected chi connectivity index (χ1v) is 8.47. The summed E-state index contributed by atoms with van der Waals surface area (Å²) in [6.45, 7) is 8.86. The normalized spacial score (nSPS) is 20.8. The largest absolute Gasteiger partial charge is 1.00 e. The molecule has 5 heteroatoms. The van der Waals surface area contributed by atoms with Crippen molar-refractivity contribution in [1.82, 2.24) is 5.32 Å². The maximum absolute atomic E-state index is 10.7. The van der Waals surface area contributed by atoms with Crippen LogP contribution >= 0.6 is 0 Å². The molecule has 2 nitrogen and oxygen atoms in total. The Bertz CT molecular complexity index is 384. The zero-order valence-electron chi connectivity index (χ0n) is 10.7. The quantitative estimate of drug-likeness (QED) is 0.432. The van der Waals surface area contributed by atoms with Gasteiger partial charge in [-0.3, -0.25) is 0 Å². The third-order valence-electron chi connectivity index (χ3n) is 3.81. The molecule has 2 rings (SSSR count). The van der Waals surface area contributed by atoms with Crippen LogP contribution in [0, 0.1) is 5.41 Å². The van der Waals surface area contributed by atoms with Crippen molar-refractivity contribution in [3.05, 3.63) is 20.7 Å². The molecule has 0 aromatic rings. The van der Waals surface area contributed by atoms with Crippen LogP contribution in [0.25, 0.3) is 0 Å². The summed E-state index contributed by atoms with van der Waals surface area (Å²) in [6, 6.07) is 0. The van der Waals surface area contributed by atoms with Crippen LogP contribution in [0.3, 0.4) is 0 Å². The smallest absolute Gasteiger partial charge is 1.00 e. The van der Waals surface area contributed by atoms with Gasteiger partial charge < -0.3 is 24.8 Å². The van der Waals surface area contributed by atoms with Crippen LogP contribution in [0.15, 0.2) is 20.7 Å². The van der Waals surface area contributed by atoms with Crippen LogP contribution in [0.5, 0.6) is 0 Å². The second-order valence-corrected chi connectivity index (χ2v) is 9.22. The number of nitrogens with one attached hydrogen (secondary N) is 1. The number of hydrogen-bond acceptors (Lipinski definition) is 1. The molecule has 2 aliphatic rings. The monoisotopic (exact) mass is 310 g/mol. The maximum Gasteiger partial charge on any atom is -1.00 e. The Balaban J connectivity index is 0.00000128. The minimum absolute atomic E-state index is 0. The summed E-state index contributed by atoms with van der Waals surface area (Å²) in [5.41, 5.74) is 4.16. The van der Waals surface area contributed by atoms with Crippen LogP contribution in [-0.2, 0) is 22.7 Å². The van der Waals surface area contributed by atoms with E-state index in [0.717, 1.165) is 6.41 Å². The Morgan fingerprint density at radius 2 is 1.76 bits per heavy atom.